The number of imidazole rings is 1. The lowest BCUT2D eigenvalue weighted by atomic mass is 10.0. The molecule has 4 rings (SSSR count). The Hall–Kier alpha value is -3.25. The van der Waals surface area contributed by atoms with Gasteiger partial charge in [-0.15, -0.1) is 0 Å². The van der Waals surface area contributed by atoms with Crippen LogP contribution in [0.25, 0.3) is 22.4 Å². The number of Topliss-reactive ketones (excluding diaryl/α,β-unsaturated/α-hetero) is 1. The number of aromatic amines is 1. The van der Waals surface area contributed by atoms with Crippen LogP contribution < -0.4 is 0 Å². The molecule has 1 amide bonds. The molecule has 2 atom stereocenters. The topological polar surface area (TPSA) is 75.3 Å². The first-order valence-electron chi connectivity index (χ1n) is 11.5. The van der Waals surface area contributed by atoms with Gasteiger partial charge in [-0.25, -0.2) is 4.98 Å². The number of rotatable bonds is 7. The molecule has 2 aromatic carbocycles. The molecule has 0 bridgehead atoms. The SMILES string of the molecule is CO[C@H](C(=O)N1CCCC1c1ncc(-c2ccc(-c3ccc(C(C)=O)cc3)cc2)[nH]1)C(C)C. The summed E-state index contributed by atoms with van der Waals surface area (Å²) >= 11 is 0. The van der Waals surface area contributed by atoms with Crippen molar-refractivity contribution < 1.29 is 14.3 Å². The van der Waals surface area contributed by atoms with Crippen LogP contribution in [0.2, 0.25) is 0 Å². The van der Waals surface area contributed by atoms with Crippen molar-refractivity contribution in [2.75, 3.05) is 13.7 Å². The second-order valence-electron chi connectivity index (χ2n) is 8.98. The summed E-state index contributed by atoms with van der Waals surface area (Å²) in [6, 6.07) is 15.8. The van der Waals surface area contributed by atoms with Crippen molar-refractivity contribution in [1.29, 1.82) is 0 Å². The quantitative estimate of drug-likeness (QED) is 0.502. The number of carbonyl (C=O) groups excluding carboxylic acids is 2. The fraction of sp³-hybridized carbons (Fsp3) is 0.370. The molecule has 6 heteroatoms. The van der Waals surface area contributed by atoms with Gasteiger partial charge in [0.25, 0.3) is 5.91 Å². The molecular formula is C27H31N3O3. The Labute approximate surface area is 195 Å². The first-order chi connectivity index (χ1) is 15.9. The highest BCUT2D eigenvalue weighted by molar-refractivity contribution is 5.94. The number of ether oxygens (including phenoxy) is 1. The standard InChI is InChI=1S/C27H31N3O3/c1-17(2)25(33-4)27(32)30-15-5-6-24(30)26-28-16-23(29-26)22-13-11-21(12-14-22)20-9-7-19(8-10-20)18(3)31/h7-14,16-17,24-25H,5-6,15H2,1-4H3,(H,28,29)/t24?,25-/m0/s1. The van der Waals surface area contributed by atoms with Crippen molar-refractivity contribution in [2.24, 2.45) is 5.92 Å². The predicted molar refractivity (Wildman–Crippen MR) is 129 cm³/mol. The Morgan fingerprint density at radius 2 is 1.64 bits per heavy atom. The van der Waals surface area contributed by atoms with E-state index < -0.39 is 6.10 Å². The van der Waals surface area contributed by atoms with Crippen molar-refractivity contribution in [1.82, 2.24) is 14.9 Å². The number of H-pyrrole nitrogens is 1. The maximum Gasteiger partial charge on any atom is 0.252 e. The molecule has 1 saturated heterocycles. The zero-order chi connectivity index (χ0) is 23.5. The molecule has 0 spiro atoms. The molecule has 1 N–H and O–H groups in total. The number of nitrogens with one attached hydrogen (secondary N) is 1. The molecule has 0 aliphatic carbocycles. The minimum Gasteiger partial charge on any atom is -0.371 e. The van der Waals surface area contributed by atoms with Crippen LogP contribution >= 0.6 is 0 Å². The highest BCUT2D eigenvalue weighted by Crippen LogP contribution is 2.33. The summed E-state index contributed by atoms with van der Waals surface area (Å²) in [5.74, 6) is 1.04. The maximum atomic E-state index is 13.0. The number of ketones is 1. The Kier molecular flexibility index (Phi) is 6.75. The van der Waals surface area contributed by atoms with Crippen LogP contribution in [0.15, 0.2) is 54.7 Å². The van der Waals surface area contributed by atoms with Crippen molar-refractivity contribution in [2.45, 2.75) is 45.8 Å². The molecule has 6 nitrogen and oxygen atoms in total. The summed E-state index contributed by atoms with van der Waals surface area (Å²) in [5.41, 5.74) is 4.82. The highest BCUT2D eigenvalue weighted by atomic mass is 16.5. The summed E-state index contributed by atoms with van der Waals surface area (Å²) in [7, 11) is 1.60. The van der Waals surface area contributed by atoms with E-state index in [4.69, 9.17) is 4.74 Å². The molecule has 1 aromatic heterocycles. The molecule has 1 fully saturated rings. The minimum absolute atomic E-state index is 0.0353. The van der Waals surface area contributed by atoms with Crippen LogP contribution in [-0.4, -0.2) is 46.3 Å². The van der Waals surface area contributed by atoms with Crippen LogP contribution in [0.4, 0.5) is 0 Å². The van der Waals surface area contributed by atoms with Crippen LogP contribution in [0, 0.1) is 5.92 Å². The second-order valence-corrected chi connectivity index (χ2v) is 8.98. The Bertz CT molecular complexity index is 1120. The zero-order valence-electron chi connectivity index (χ0n) is 19.7. The molecule has 33 heavy (non-hydrogen) atoms. The number of likely N-dealkylation sites (tertiary alicyclic amines) is 1. The largest absolute Gasteiger partial charge is 0.371 e. The molecule has 3 aromatic rings. The third-order valence-electron chi connectivity index (χ3n) is 6.37. The van der Waals surface area contributed by atoms with E-state index in [1.807, 2.05) is 49.2 Å². The van der Waals surface area contributed by atoms with Gasteiger partial charge in [0.2, 0.25) is 0 Å². The van der Waals surface area contributed by atoms with E-state index in [0.29, 0.717) is 5.56 Å². The number of nitrogens with zero attached hydrogens (tertiary/aromatic N) is 2. The Morgan fingerprint density at radius 3 is 2.21 bits per heavy atom. The van der Waals surface area contributed by atoms with Crippen molar-refractivity contribution in [3.8, 4) is 22.4 Å². The fourth-order valence-corrected chi connectivity index (χ4v) is 4.53. The van der Waals surface area contributed by atoms with Gasteiger partial charge in [-0.05, 0) is 42.4 Å². The van der Waals surface area contributed by atoms with Gasteiger partial charge in [-0.2, -0.15) is 0 Å². The van der Waals surface area contributed by atoms with Crippen molar-refractivity contribution >= 4 is 11.7 Å². The summed E-state index contributed by atoms with van der Waals surface area (Å²) in [4.78, 5) is 34.5. The van der Waals surface area contributed by atoms with Crippen LogP contribution in [0.3, 0.4) is 0 Å². The summed E-state index contributed by atoms with van der Waals surface area (Å²) < 4.78 is 5.47. The number of carbonyl (C=O) groups is 2. The second kappa shape index (κ2) is 9.71. The average molecular weight is 446 g/mol. The third-order valence-corrected chi connectivity index (χ3v) is 6.37. The van der Waals surface area contributed by atoms with E-state index in [-0.39, 0.29) is 23.7 Å². The predicted octanol–water partition coefficient (Wildman–Crippen LogP) is 5.28. The van der Waals surface area contributed by atoms with E-state index >= 15 is 0 Å². The Morgan fingerprint density at radius 1 is 1.03 bits per heavy atom. The zero-order valence-corrected chi connectivity index (χ0v) is 19.7. The average Bonchev–Trinajstić information content (AvgIpc) is 3.49. The molecular weight excluding hydrogens is 414 g/mol. The molecule has 1 unspecified atom stereocenters. The van der Waals surface area contributed by atoms with E-state index in [9.17, 15) is 9.59 Å². The third kappa shape index (κ3) is 4.76. The number of methoxy groups -OCH3 is 1. The lowest BCUT2D eigenvalue weighted by Gasteiger charge is -2.28. The molecule has 0 radical (unpaired) electrons. The van der Waals surface area contributed by atoms with Gasteiger partial charge in [-0.3, -0.25) is 9.59 Å². The van der Waals surface area contributed by atoms with Gasteiger partial charge in [0.15, 0.2) is 5.78 Å². The van der Waals surface area contributed by atoms with Gasteiger partial charge >= 0.3 is 0 Å². The van der Waals surface area contributed by atoms with E-state index in [2.05, 4.69) is 34.2 Å². The molecule has 172 valence electrons. The first-order valence-corrected chi connectivity index (χ1v) is 11.5. The maximum absolute atomic E-state index is 13.0. The molecule has 1 aliphatic heterocycles. The fourth-order valence-electron chi connectivity index (χ4n) is 4.53. The van der Waals surface area contributed by atoms with Crippen LogP contribution in [0.5, 0.6) is 0 Å². The van der Waals surface area contributed by atoms with Gasteiger partial charge in [-0.1, -0.05) is 62.4 Å². The number of amides is 1. The summed E-state index contributed by atoms with van der Waals surface area (Å²) in [6.07, 6.45) is 3.25. The molecule has 0 saturated carbocycles. The van der Waals surface area contributed by atoms with Gasteiger partial charge in [0.05, 0.1) is 17.9 Å². The Balaban J connectivity index is 1.51. The van der Waals surface area contributed by atoms with E-state index in [0.717, 1.165) is 47.6 Å². The van der Waals surface area contributed by atoms with Gasteiger partial charge in [0.1, 0.15) is 11.9 Å². The lowest BCUT2D eigenvalue weighted by molar-refractivity contribution is -0.145. The smallest absolute Gasteiger partial charge is 0.252 e. The van der Waals surface area contributed by atoms with Crippen LogP contribution in [0.1, 0.15) is 55.8 Å². The monoisotopic (exact) mass is 445 g/mol. The highest BCUT2D eigenvalue weighted by Gasteiger charge is 2.36. The summed E-state index contributed by atoms with van der Waals surface area (Å²) in [6.45, 7) is 6.31. The van der Waals surface area contributed by atoms with E-state index in [1.54, 1.807) is 14.0 Å². The lowest BCUT2D eigenvalue weighted by Crippen LogP contribution is -2.42. The molecule has 1 aliphatic rings. The van der Waals surface area contributed by atoms with Crippen molar-refractivity contribution in [3.05, 3.63) is 66.1 Å². The normalized spacial score (nSPS) is 16.9. The number of hydrogen-bond acceptors (Lipinski definition) is 4. The number of benzene rings is 2. The van der Waals surface area contributed by atoms with Gasteiger partial charge < -0.3 is 14.6 Å². The number of hydrogen-bond donors (Lipinski definition) is 1. The number of aromatic nitrogens is 2. The van der Waals surface area contributed by atoms with Crippen LogP contribution in [-0.2, 0) is 9.53 Å². The van der Waals surface area contributed by atoms with E-state index in [1.165, 1.54) is 0 Å². The molecule has 2 heterocycles. The van der Waals surface area contributed by atoms with Crippen molar-refractivity contribution in [3.63, 3.8) is 0 Å². The summed E-state index contributed by atoms with van der Waals surface area (Å²) in [5, 5.41) is 0. The van der Waals surface area contributed by atoms with Gasteiger partial charge in [0, 0.05) is 19.2 Å². The first kappa shape index (κ1) is 22.9. The minimum atomic E-state index is -0.433.